The summed E-state index contributed by atoms with van der Waals surface area (Å²) < 4.78 is 67.6. The van der Waals surface area contributed by atoms with Crippen LogP contribution >= 0.6 is 0 Å². The molecule has 0 fully saturated rings. The topological polar surface area (TPSA) is 46.9 Å². The third kappa shape index (κ3) is 3.23. The second kappa shape index (κ2) is 5.74. The highest BCUT2D eigenvalue weighted by Gasteiger charge is 2.45. The Bertz CT molecular complexity index is 675. The second-order valence-electron chi connectivity index (χ2n) is 4.49. The van der Waals surface area contributed by atoms with E-state index in [-0.39, 0.29) is 5.56 Å². The number of aryl methyl sites for hydroxylation is 1. The maximum atomic E-state index is 13.6. The molecule has 2 aromatic rings. The molecule has 4 nitrogen and oxygen atoms in total. The van der Waals surface area contributed by atoms with Gasteiger partial charge in [-0.05, 0) is 12.1 Å². The van der Waals surface area contributed by atoms with E-state index in [1.807, 2.05) is 0 Å². The number of halogens is 5. The molecule has 1 heterocycles. The number of amides is 1. The van der Waals surface area contributed by atoms with Crippen LogP contribution in [0.4, 0.5) is 22.0 Å². The molecule has 0 bridgehead atoms. The van der Waals surface area contributed by atoms with Gasteiger partial charge < -0.3 is 5.32 Å². The summed E-state index contributed by atoms with van der Waals surface area (Å²) in [5.41, 5.74) is -1.42. The van der Waals surface area contributed by atoms with E-state index in [0.717, 1.165) is 12.3 Å². The molecule has 1 amide bonds. The van der Waals surface area contributed by atoms with Crippen LogP contribution in [0, 0.1) is 11.6 Å². The number of nitrogens with one attached hydrogen (secondary N) is 1. The van der Waals surface area contributed by atoms with Gasteiger partial charge in [0.15, 0.2) is 6.04 Å². The lowest BCUT2D eigenvalue weighted by atomic mass is 10.0. The predicted octanol–water partition coefficient (Wildman–Crippen LogP) is 2.73. The number of hydrogen-bond donors (Lipinski definition) is 1. The van der Waals surface area contributed by atoms with Crippen molar-refractivity contribution in [2.45, 2.75) is 12.2 Å². The highest BCUT2D eigenvalue weighted by atomic mass is 19.4. The molecule has 0 saturated carbocycles. The van der Waals surface area contributed by atoms with Crippen LogP contribution in [0.3, 0.4) is 0 Å². The number of hydrogen-bond acceptors (Lipinski definition) is 2. The van der Waals surface area contributed by atoms with Crippen LogP contribution in [-0.2, 0) is 7.05 Å². The molecular weight excluding hydrogens is 309 g/mol. The van der Waals surface area contributed by atoms with Crippen molar-refractivity contribution in [2.24, 2.45) is 7.05 Å². The lowest BCUT2D eigenvalue weighted by molar-refractivity contribution is -0.156. The Morgan fingerprint density at radius 2 is 1.86 bits per heavy atom. The van der Waals surface area contributed by atoms with Crippen LogP contribution in [0.2, 0.25) is 0 Å². The van der Waals surface area contributed by atoms with Gasteiger partial charge >= 0.3 is 6.18 Å². The van der Waals surface area contributed by atoms with E-state index in [1.165, 1.54) is 17.9 Å². The quantitative estimate of drug-likeness (QED) is 0.884. The monoisotopic (exact) mass is 319 g/mol. The lowest BCUT2D eigenvalue weighted by Gasteiger charge is -2.22. The van der Waals surface area contributed by atoms with Crippen molar-refractivity contribution >= 4 is 5.91 Å². The molecule has 1 atom stereocenters. The molecule has 118 valence electrons. The van der Waals surface area contributed by atoms with Gasteiger partial charge in [-0.1, -0.05) is 6.07 Å². The summed E-state index contributed by atoms with van der Waals surface area (Å²) in [4.78, 5) is 11.8. The van der Waals surface area contributed by atoms with E-state index < -0.39 is 35.3 Å². The van der Waals surface area contributed by atoms with Gasteiger partial charge in [0.05, 0.1) is 17.3 Å². The molecule has 1 aromatic carbocycles. The summed E-state index contributed by atoms with van der Waals surface area (Å²) in [5, 5.41) is 5.23. The number of alkyl halides is 3. The summed E-state index contributed by atoms with van der Waals surface area (Å²) in [7, 11) is 1.47. The molecule has 22 heavy (non-hydrogen) atoms. The normalized spacial score (nSPS) is 13.0. The summed E-state index contributed by atoms with van der Waals surface area (Å²) in [6, 6.07) is -0.493. The Hall–Kier alpha value is -2.45. The minimum Gasteiger partial charge on any atom is -0.336 e. The van der Waals surface area contributed by atoms with Gasteiger partial charge in [0, 0.05) is 13.2 Å². The summed E-state index contributed by atoms with van der Waals surface area (Å²) >= 11 is 0. The second-order valence-corrected chi connectivity index (χ2v) is 4.49. The van der Waals surface area contributed by atoms with Gasteiger partial charge in [0.25, 0.3) is 5.91 Å². The smallest absolute Gasteiger partial charge is 0.336 e. The molecule has 9 heteroatoms. The standard InChI is InChI=1S/C13H10F5N3O/c1-21-6-7(5-19-21)12(22)20-11(13(16,17)18)10-8(14)3-2-4-9(10)15/h2-6,11H,1H3,(H,20,22)/t11-/m0/s1. The molecule has 0 unspecified atom stereocenters. The Morgan fingerprint density at radius 1 is 1.27 bits per heavy atom. The van der Waals surface area contributed by atoms with E-state index >= 15 is 0 Å². The highest BCUT2D eigenvalue weighted by Crippen LogP contribution is 2.35. The first-order valence-corrected chi connectivity index (χ1v) is 6.00. The zero-order chi connectivity index (χ0) is 16.5. The van der Waals surface area contributed by atoms with Gasteiger partial charge in [-0.2, -0.15) is 18.3 Å². The van der Waals surface area contributed by atoms with Crippen molar-refractivity contribution in [1.82, 2.24) is 15.1 Å². The Kier molecular flexibility index (Phi) is 4.16. The molecule has 0 aliphatic heterocycles. The summed E-state index contributed by atoms with van der Waals surface area (Å²) in [5.74, 6) is -3.93. The molecule has 0 spiro atoms. The molecule has 0 aliphatic carbocycles. The van der Waals surface area contributed by atoms with E-state index in [9.17, 15) is 26.7 Å². The first-order valence-electron chi connectivity index (χ1n) is 6.00. The van der Waals surface area contributed by atoms with E-state index in [4.69, 9.17) is 0 Å². The summed E-state index contributed by atoms with van der Waals surface area (Å²) in [6.07, 6.45) is -2.85. The molecule has 0 saturated heterocycles. The Labute approximate surface area is 121 Å². The van der Waals surface area contributed by atoms with Crippen molar-refractivity contribution in [3.63, 3.8) is 0 Å². The number of rotatable bonds is 3. The first-order chi connectivity index (χ1) is 10.2. The zero-order valence-electron chi connectivity index (χ0n) is 11.2. The number of carbonyl (C=O) groups is 1. The van der Waals surface area contributed by atoms with Crippen LogP contribution in [0.5, 0.6) is 0 Å². The molecule has 0 aliphatic rings. The minimum atomic E-state index is -5.07. The van der Waals surface area contributed by atoms with Crippen molar-refractivity contribution in [3.8, 4) is 0 Å². The maximum absolute atomic E-state index is 13.6. The first kappa shape index (κ1) is 15.9. The average molecular weight is 319 g/mol. The average Bonchev–Trinajstić information content (AvgIpc) is 2.82. The van der Waals surface area contributed by atoms with Crippen LogP contribution in [0.1, 0.15) is 22.0 Å². The molecular formula is C13H10F5N3O. The van der Waals surface area contributed by atoms with E-state index in [0.29, 0.717) is 12.1 Å². The molecule has 1 N–H and O–H groups in total. The fourth-order valence-corrected chi connectivity index (χ4v) is 1.86. The molecule has 1 aromatic heterocycles. The maximum Gasteiger partial charge on any atom is 0.413 e. The van der Waals surface area contributed by atoms with Gasteiger partial charge in [0.2, 0.25) is 0 Å². The van der Waals surface area contributed by atoms with Gasteiger partial charge in [-0.25, -0.2) is 8.78 Å². The number of aromatic nitrogens is 2. The SMILES string of the molecule is Cn1cc(C(=O)N[C@@H](c2c(F)cccc2F)C(F)(F)F)cn1. The number of benzene rings is 1. The van der Waals surface area contributed by atoms with E-state index in [2.05, 4.69) is 5.10 Å². The predicted molar refractivity (Wildman–Crippen MR) is 65.8 cm³/mol. The Balaban J connectivity index is 2.38. The number of carbonyl (C=O) groups excluding carboxylic acids is 1. The van der Waals surface area contributed by atoms with Crippen molar-refractivity contribution < 1.29 is 26.7 Å². The number of nitrogens with zero attached hydrogens (tertiary/aromatic N) is 2. The fraction of sp³-hybridized carbons (Fsp3) is 0.231. The van der Waals surface area contributed by atoms with Crippen LogP contribution in [-0.4, -0.2) is 21.9 Å². The molecule has 0 radical (unpaired) electrons. The lowest BCUT2D eigenvalue weighted by Crippen LogP contribution is -2.39. The molecule has 2 rings (SSSR count). The third-order valence-electron chi connectivity index (χ3n) is 2.86. The van der Waals surface area contributed by atoms with E-state index in [1.54, 1.807) is 5.32 Å². The van der Waals surface area contributed by atoms with Gasteiger partial charge in [-0.15, -0.1) is 0 Å². The van der Waals surface area contributed by atoms with Crippen molar-refractivity contribution in [3.05, 3.63) is 53.4 Å². The largest absolute Gasteiger partial charge is 0.413 e. The van der Waals surface area contributed by atoms with Crippen LogP contribution in [0.15, 0.2) is 30.6 Å². The van der Waals surface area contributed by atoms with Crippen molar-refractivity contribution in [1.29, 1.82) is 0 Å². The zero-order valence-corrected chi connectivity index (χ0v) is 11.2. The van der Waals surface area contributed by atoms with Crippen molar-refractivity contribution in [2.75, 3.05) is 0 Å². The van der Waals surface area contributed by atoms with Crippen LogP contribution in [0.25, 0.3) is 0 Å². The van der Waals surface area contributed by atoms with Crippen LogP contribution < -0.4 is 5.32 Å². The van der Waals surface area contributed by atoms with Gasteiger partial charge in [-0.3, -0.25) is 9.48 Å². The fourth-order valence-electron chi connectivity index (χ4n) is 1.86. The third-order valence-corrected chi connectivity index (χ3v) is 2.86. The highest BCUT2D eigenvalue weighted by molar-refractivity contribution is 5.94. The Morgan fingerprint density at radius 3 is 2.32 bits per heavy atom. The summed E-state index contributed by atoms with van der Waals surface area (Å²) in [6.45, 7) is 0. The minimum absolute atomic E-state index is 0.159. The van der Waals surface area contributed by atoms with Gasteiger partial charge in [0.1, 0.15) is 11.6 Å².